The monoisotopic (exact) mass is 448 g/mol. The first-order chi connectivity index (χ1) is 14.7. The van der Waals surface area contributed by atoms with Crippen LogP contribution in [0.3, 0.4) is 0 Å². The minimum Gasteiger partial charge on any atom is -0.393 e. The maximum absolute atomic E-state index is 13.8. The van der Waals surface area contributed by atoms with Gasteiger partial charge in [-0.25, -0.2) is 17.8 Å². The molecule has 1 aromatic carbocycles. The zero-order valence-corrected chi connectivity index (χ0v) is 16.8. The number of hydrogen-bond donors (Lipinski definition) is 2. The number of nitrogens with two attached hydrogens (primary N) is 1. The number of nitro groups is 1. The van der Waals surface area contributed by atoms with Gasteiger partial charge in [0.1, 0.15) is 22.0 Å². The van der Waals surface area contributed by atoms with Gasteiger partial charge in [0, 0.05) is 44.0 Å². The molecule has 2 aromatic heterocycles. The number of H-pyrrole nitrogens is 1. The number of sulfonamides is 1. The normalized spacial score (nSPS) is 15.3. The number of nitrogens with zero attached hydrogens (tertiary/aromatic N) is 4. The molecule has 0 aliphatic carbocycles. The highest BCUT2D eigenvalue weighted by atomic mass is 32.2. The molecule has 3 aromatic rings. The highest BCUT2D eigenvalue weighted by Crippen LogP contribution is 2.29. The summed E-state index contributed by atoms with van der Waals surface area (Å²) in [7, 11) is -3.84. The third kappa shape index (κ3) is 3.57. The number of carbonyl (C=O) groups excluding carboxylic acids is 1. The van der Waals surface area contributed by atoms with Gasteiger partial charge in [0.2, 0.25) is 10.0 Å². The third-order valence-electron chi connectivity index (χ3n) is 5.11. The van der Waals surface area contributed by atoms with Crippen LogP contribution in [0.15, 0.2) is 41.6 Å². The number of aromatic amines is 1. The van der Waals surface area contributed by atoms with E-state index in [0.29, 0.717) is 17.1 Å². The summed E-state index contributed by atoms with van der Waals surface area (Å²) in [6.45, 7) is 0.0293. The van der Waals surface area contributed by atoms with Gasteiger partial charge in [0.05, 0.1) is 16.6 Å². The minimum atomic E-state index is -3.84. The van der Waals surface area contributed by atoms with Crippen molar-refractivity contribution in [1.82, 2.24) is 19.2 Å². The van der Waals surface area contributed by atoms with Crippen molar-refractivity contribution in [2.75, 3.05) is 31.9 Å². The van der Waals surface area contributed by atoms with Crippen molar-refractivity contribution in [3.63, 3.8) is 0 Å². The molecule has 0 bridgehead atoms. The molecule has 1 aliphatic rings. The van der Waals surface area contributed by atoms with Gasteiger partial charge in [0.15, 0.2) is 0 Å². The fourth-order valence-corrected chi connectivity index (χ4v) is 5.09. The lowest BCUT2D eigenvalue weighted by Gasteiger charge is -2.34. The highest BCUT2D eigenvalue weighted by Gasteiger charge is 2.33. The number of pyridine rings is 1. The Hall–Kier alpha value is -3.58. The number of anilines is 1. The fraction of sp³-hybridized carbons (Fsp3) is 0.222. The Balaban J connectivity index is 1.54. The number of benzene rings is 1. The quantitative estimate of drug-likeness (QED) is 0.346. The van der Waals surface area contributed by atoms with Gasteiger partial charge in [-0.3, -0.25) is 14.9 Å². The summed E-state index contributed by atoms with van der Waals surface area (Å²) in [6, 6.07) is 4.76. The van der Waals surface area contributed by atoms with Crippen molar-refractivity contribution in [3.8, 4) is 0 Å². The molecule has 0 spiro atoms. The number of nitrogens with one attached hydrogen (secondary N) is 1. The van der Waals surface area contributed by atoms with E-state index in [9.17, 15) is 27.7 Å². The van der Waals surface area contributed by atoms with Crippen LogP contribution in [0.2, 0.25) is 0 Å². The molecule has 0 atom stereocenters. The van der Waals surface area contributed by atoms with Crippen molar-refractivity contribution < 1.29 is 22.5 Å². The van der Waals surface area contributed by atoms with Crippen LogP contribution >= 0.6 is 0 Å². The summed E-state index contributed by atoms with van der Waals surface area (Å²) in [4.78, 5) is 31.2. The highest BCUT2D eigenvalue weighted by molar-refractivity contribution is 7.89. The van der Waals surface area contributed by atoms with E-state index in [1.807, 2.05) is 0 Å². The first kappa shape index (κ1) is 20.7. The van der Waals surface area contributed by atoms with Crippen LogP contribution in [0.4, 0.5) is 15.8 Å². The Bertz CT molecular complexity index is 1300. The molecule has 1 aliphatic heterocycles. The number of rotatable bonds is 4. The first-order valence-electron chi connectivity index (χ1n) is 9.15. The number of nitrogen functional groups attached to an aromatic ring is 1. The largest absolute Gasteiger partial charge is 0.393 e. The van der Waals surface area contributed by atoms with Crippen molar-refractivity contribution in [2.24, 2.45) is 0 Å². The maximum atomic E-state index is 13.8. The van der Waals surface area contributed by atoms with Crippen LogP contribution in [0.25, 0.3) is 11.0 Å². The fourth-order valence-electron chi connectivity index (χ4n) is 3.52. The molecule has 0 unspecified atom stereocenters. The number of hydrogen-bond acceptors (Lipinski definition) is 7. The number of carbonyl (C=O) groups is 1. The van der Waals surface area contributed by atoms with Crippen molar-refractivity contribution in [2.45, 2.75) is 4.90 Å². The lowest BCUT2D eigenvalue weighted by molar-refractivity contribution is -0.384. The second-order valence-electron chi connectivity index (χ2n) is 6.89. The third-order valence-corrected chi connectivity index (χ3v) is 7.05. The van der Waals surface area contributed by atoms with E-state index in [2.05, 4.69) is 9.97 Å². The van der Waals surface area contributed by atoms with E-state index in [1.54, 1.807) is 18.3 Å². The molecule has 31 heavy (non-hydrogen) atoms. The number of fused-ring (bicyclic) bond motifs is 1. The number of aromatic nitrogens is 2. The van der Waals surface area contributed by atoms with Crippen molar-refractivity contribution in [1.29, 1.82) is 0 Å². The first-order valence-corrected chi connectivity index (χ1v) is 10.6. The van der Waals surface area contributed by atoms with Gasteiger partial charge in [-0.1, -0.05) is 0 Å². The SMILES string of the molecule is Nc1c(C(=O)N2CCN(S(=O)(=O)c3c[nH]c4ncccc34)CC2)cc(F)cc1[N+](=O)[O-]. The molecule has 4 rings (SSSR count). The Kier molecular flexibility index (Phi) is 5.07. The zero-order chi connectivity index (χ0) is 22.3. The van der Waals surface area contributed by atoms with Crippen LogP contribution < -0.4 is 5.73 Å². The molecular weight excluding hydrogens is 431 g/mol. The average molecular weight is 448 g/mol. The molecule has 1 amide bonds. The molecule has 162 valence electrons. The lowest BCUT2D eigenvalue weighted by Crippen LogP contribution is -2.50. The number of piperazine rings is 1. The lowest BCUT2D eigenvalue weighted by atomic mass is 10.1. The van der Waals surface area contributed by atoms with Gasteiger partial charge in [-0.2, -0.15) is 4.31 Å². The van der Waals surface area contributed by atoms with Gasteiger partial charge in [0.25, 0.3) is 11.6 Å². The predicted octanol–water partition coefficient (Wildman–Crippen LogP) is 1.34. The number of halogens is 1. The average Bonchev–Trinajstić information content (AvgIpc) is 3.19. The van der Waals surface area contributed by atoms with E-state index < -0.39 is 38.0 Å². The minimum absolute atomic E-state index is 0.00166. The van der Waals surface area contributed by atoms with Crippen LogP contribution in [0.1, 0.15) is 10.4 Å². The van der Waals surface area contributed by atoms with Crippen LogP contribution in [0, 0.1) is 15.9 Å². The summed E-state index contributed by atoms with van der Waals surface area (Å²) < 4.78 is 41.1. The predicted molar refractivity (Wildman–Crippen MR) is 108 cm³/mol. The molecule has 1 saturated heterocycles. The van der Waals surface area contributed by atoms with E-state index in [0.717, 1.165) is 6.07 Å². The Labute approximate surface area is 175 Å². The Morgan fingerprint density at radius 1 is 1.26 bits per heavy atom. The molecular formula is C18H17FN6O5S. The van der Waals surface area contributed by atoms with Gasteiger partial charge in [-0.05, 0) is 18.2 Å². The summed E-state index contributed by atoms with van der Waals surface area (Å²) in [6.07, 6.45) is 2.92. The molecule has 0 saturated carbocycles. The standard InChI is InChI=1S/C18H17FN6O5S/c19-11-8-13(16(20)14(9-11)25(27)28)18(26)23-4-6-24(7-5-23)31(29,30)15-10-22-17-12(15)2-1-3-21-17/h1-3,8-10H,4-7,20H2,(H,21,22). The van der Waals surface area contributed by atoms with Crippen molar-refractivity contribution >= 4 is 38.3 Å². The molecule has 3 N–H and O–H groups in total. The second kappa shape index (κ2) is 7.59. The van der Waals surface area contributed by atoms with Gasteiger partial charge >= 0.3 is 0 Å². The van der Waals surface area contributed by atoms with Gasteiger partial charge in [-0.15, -0.1) is 0 Å². The molecule has 13 heteroatoms. The summed E-state index contributed by atoms with van der Waals surface area (Å²) in [5.74, 6) is -1.66. The second-order valence-corrected chi connectivity index (χ2v) is 8.80. The molecule has 11 nitrogen and oxygen atoms in total. The number of amides is 1. The summed E-state index contributed by atoms with van der Waals surface area (Å²) in [5.41, 5.74) is 4.69. The van der Waals surface area contributed by atoms with Crippen LogP contribution in [-0.2, 0) is 10.0 Å². The number of nitro benzene ring substituents is 1. The van der Waals surface area contributed by atoms with E-state index in [-0.39, 0.29) is 36.6 Å². The van der Waals surface area contributed by atoms with E-state index in [4.69, 9.17) is 5.73 Å². The maximum Gasteiger partial charge on any atom is 0.295 e. The van der Waals surface area contributed by atoms with Crippen LogP contribution in [0.5, 0.6) is 0 Å². The Morgan fingerprint density at radius 2 is 1.97 bits per heavy atom. The molecule has 0 radical (unpaired) electrons. The van der Waals surface area contributed by atoms with Crippen molar-refractivity contribution in [3.05, 3.63) is 58.2 Å². The molecule has 1 fully saturated rings. The Morgan fingerprint density at radius 3 is 2.65 bits per heavy atom. The van der Waals surface area contributed by atoms with E-state index >= 15 is 0 Å². The topological polar surface area (TPSA) is 156 Å². The summed E-state index contributed by atoms with van der Waals surface area (Å²) >= 11 is 0. The molecule has 3 heterocycles. The van der Waals surface area contributed by atoms with E-state index in [1.165, 1.54) is 15.4 Å². The zero-order valence-electron chi connectivity index (χ0n) is 16.0. The van der Waals surface area contributed by atoms with Gasteiger partial charge < -0.3 is 15.6 Å². The van der Waals surface area contributed by atoms with Crippen LogP contribution in [-0.4, -0.2) is 64.6 Å². The summed E-state index contributed by atoms with van der Waals surface area (Å²) in [5, 5.41) is 11.5. The smallest absolute Gasteiger partial charge is 0.295 e.